The van der Waals surface area contributed by atoms with Gasteiger partial charge in [0.05, 0.1) is 12.8 Å². The second kappa shape index (κ2) is 12.0. The number of carbonyl (C=O) groups is 3. The molecule has 38 heavy (non-hydrogen) atoms. The Balaban J connectivity index is 1.58. The van der Waals surface area contributed by atoms with E-state index in [4.69, 9.17) is 4.74 Å². The lowest BCUT2D eigenvalue weighted by molar-refractivity contribution is -0.135. The third-order valence-electron chi connectivity index (χ3n) is 6.81. The highest BCUT2D eigenvalue weighted by atomic mass is 16.5. The molecule has 2 heterocycles. The van der Waals surface area contributed by atoms with Gasteiger partial charge in [-0.15, -0.1) is 0 Å². The van der Waals surface area contributed by atoms with Crippen LogP contribution < -0.4 is 0 Å². The summed E-state index contributed by atoms with van der Waals surface area (Å²) in [7, 11) is 1.29. The minimum absolute atomic E-state index is 0.0328. The van der Waals surface area contributed by atoms with Crippen LogP contribution in [0.5, 0.6) is 0 Å². The first kappa shape index (κ1) is 27.0. The van der Waals surface area contributed by atoms with Crippen LogP contribution in [0.1, 0.15) is 65.2 Å². The maximum Gasteiger partial charge on any atom is 0.342 e. The second-order valence-electron chi connectivity index (χ2n) is 9.84. The number of aromatic nitrogens is 2. The Labute approximate surface area is 223 Å². The Bertz CT molecular complexity index is 1290. The Kier molecular flexibility index (Phi) is 8.51. The first-order valence-corrected chi connectivity index (χ1v) is 13.0. The van der Waals surface area contributed by atoms with E-state index in [9.17, 15) is 14.4 Å². The molecule has 4 rings (SSSR count). The first-order chi connectivity index (χ1) is 18.3. The monoisotopic (exact) mass is 514 g/mol. The molecule has 3 aromatic rings. The molecule has 1 aromatic heterocycles. The van der Waals surface area contributed by atoms with E-state index in [1.54, 1.807) is 4.90 Å². The zero-order valence-electron chi connectivity index (χ0n) is 22.4. The number of nitrogens with zero attached hydrogens (tertiary/aromatic N) is 4. The van der Waals surface area contributed by atoms with Crippen LogP contribution in [0.2, 0.25) is 0 Å². The van der Waals surface area contributed by atoms with Crippen LogP contribution in [-0.2, 0) is 16.0 Å². The standard InChI is InChI=1S/C30H34N4O4/c1-20(2)26-25(30(37)38-4)27(32-28(31-26)23-13-9-6-10-14-23)29(36)33-17-18-34(21(3)19-33)24(35)16-15-22-11-7-5-8-12-22/h5-14,20-21H,15-19H2,1-4H3. The number of hydrogen-bond acceptors (Lipinski definition) is 6. The summed E-state index contributed by atoms with van der Waals surface area (Å²) >= 11 is 0. The number of esters is 1. The Morgan fingerprint density at radius 3 is 2.24 bits per heavy atom. The van der Waals surface area contributed by atoms with E-state index >= 15 is 0 Å². The molecule has 0 bridgehead atoms. The number of aryl methyl sites for hydroxylation is 1. The number of hydrogen-bond donors (Lipinski definition) is 0. The van der Waals surface area contributed by atoms with Crippen LogP contribution in [0.15, 0.2) is 60.7 Å². The predicted molar refractivity (Wildman–Crippen MR) is 145 cm³/mol. The highest BCUT2D eigenvalue weighted by molar-refractivity contribution is 6.05. The van der Waals surface area contributed by atoms with Gasteiger partial charge in [-0.25, -0.2) is 14.8 Å². The highest BCUT2D eigenvalue weighted by Crippen LogP contribution is 2.27. The molecule has 2 amide bonds. The highest BCUT2D eigenvalue weighted by Gasteiger charge is 2.34. The van der Waals surface area contributed by atoms with E-state index < -0.39 is 5.97 Å². The quantitative estimate of drug-likeness (QED) is 0.435. The van der Waals surface area contributed by atoms with Crippen molar-refractivity contribution in [2.24, 2.45) is 0 Å². The van der Waals surface area contributed by atoms with Gasteiger partial charge in [0.25, 0.3) is 5.91 Å². The summed E-state index contributed by atoms with van der Waals surface area (Å²) in [5.41, 5.74) is 2.47. The minimum atomic E-state index is -0.639. The molecular formula is C30H34N4O4. The normalized spacial score (nSPS) is 15.4. The van der Waals surface area contributed by atoms with Gasteiger partial charge in [0, 0.05) is 37.7 Å². The Hall–Kier alpha value is -4.07. The van der Waals surface area contributed by atoms with Gasteiger partial charge in [-0.1, -0.05) is 74.5 Å². The lowest BCUT2D eigenvalue weighted by Gasteiger charge is -2.40. The van der Waals surface area contributed by atoms with E-state index in [1.165, 1.54) is 7.11 Å². The van der Waals surface area contributed by atoms with E-state index in [-0.39, 0.29) is 35.0 Å². The Morgan fingerprint density at radius 2 is 1.63 bits per heavy atom. The molecule has 1 saturated heterocycles. The van der Waals surface area contributed by atoms with Gasteiger partial charge in [0.1, 0.15) is 11.3 Å². The maximum absolute atomic E-state index is 13.9. The van der Waals surface area contributed by atoms with E-state index in [1.807, 2.05) is 86.3 Å². The number of ether oxygens (including phenoxy) is 1. The van der Waals surface area contributed by atoms with E-state index in [2.05, 4.69) is 9.97 Å². The topological polar surface area (TPSA) is 92.7 Å². The molecule has 2 aromatic carbocycles. The van der Waals surface area contributed by atoms with E-state index in [0.717, 1.165) is 11.1 Å². The third-order valence-corrected chi connectivity index (χ3v) is 6.81. The number of rotatable bonds is 7. The van der Waals surface area contributed by atoms with Crippen molar-refractivity contribution in [2.45, 2.75) is 45.6 Å². The number of benzene rings is 2. The van der Waals surface area contributed by atoms with Crippen molar-refractivity contribution in [1.29, 1.82) is 0 Å². The molecule has 1 atom stereocenters. The Morgan fingerprint density at radius 1 is 0.974 bits per heavy atom. The fourth-order valence-corrected chi connectivity index (χ4v) is 4.77. The van der Waals surface area contributed by atoms with Gasteiger partial charge >= 0.3 is 5.97 Å². The smallest absolute Gasteiger partial charge is 0.342 e. The van der Waals surface area contributed by atoms with Crippen molar-refractivity contribution < 1.29 is 19.1 Å². The van der Waals surface area contributed by atoms with Crippen molar-refractivity contribution in [1.82, 2.24) is 19.8 Å². The summed E-state index contributed by atoms with van der Waals surface area (Å²) < 4.78 is 5.04. The molecular weight excluding hydrogens is 480 g/mol. The molecule has 0 saturated carbocycles. The third kappa shape index (κ3) is 5.90. The zero-order chi connectivity index (χ0) is 27.2. The SMILES string of the molecule is COC(=O)c1c(C(=O)N2CCN(C(=O)CCc3ccccc3)C(C)C2)nc(-c2ccccc2)nc1C(C)C. The molecule has 0 aliphatic carbocycles. The largest absolute Gasteiger partial charge is 0.465 e. The van der Waals surface area contributed by atoms with Gasteiger partial charge in [-0.05, 0) is 24.8 Å². The molecule has 1 unspecified atom stereocenters. The molecule has 0 radical (unpaired) electrons. The molecule has 1 aliphatic heterocycles. The van der Waals surface area contributed by atoms with Crippen LogP contribution in [0.25, 0.3) is 11.4 Å². The summed E-state index contributed by atoms with van der Waals surface area (Å²) in [5, 5.41) is 0. The molecule has 8 nitrogen and oxygen atoms in total. The summed E-state index contributed by atoms with van der Waals surface area (Å²) in [6, 6.07) is 19.1. The van der Waals surface area contributed by atoms with Gasteiger partial charge in [-0.3, -0.25) is 9.59 Å². The van der Waals surface area contributed by atoms with Crippen LogP contribution in [0.4, 0.5) is 0 Å². The maximum atomic E-state index is 13.9. The van der Waals surface area contributed by atoms with Gasteiger partial charge in [0.2, 0.25) is 5.91 Å². The van der Waals surface area contributed by atoms with Gasteiger partial charge in [0.15, 0.2) is 5.82 Å². The summed E-state index contributed by atoms with van der Waals surface area (Å²) in [4.78, 5) is 52.4. The average molecular weight is 515 g/mol. The first-order valence-electron chi connectivity index (χ1n) is 13.0. The van der Waals surface area contributed by atoms with Crippen LogP contribution >= 0.6 is 0 Å². The lowest BCUT2D eigenvalue weighted by atomic mass is 10.00. The minimum Gasteiger partial charge on any atom is -0.465 e. The summed E-state index contributed by atoms with van der Waals surface area (Å²) in [6.45, 7) is 6.89. The average Bonchev–Trinajstić information content (AvgIpc) is 2.95. The predicted octanol–water partition coefficient (Wildman–Crippen LogP) is 4.36. The van der Waals surface area contributed by atoms with Gasteiger partial charge in [-0.2, -0.15) is 0 Å². The van der Waals surface area contributed by atoms with Crippen LogP contribution in [0, 0.1) is 0 Å². The molecule has 1 fully saturated rings. The molecule has 198 valence electrons. The van der Waals surface area contributed by atoms with Crippen molar-refractivity contribution in [3.63, 3.8) is 0 Å². The number of carbonyl (C=O) groups excluding carboxylic acids is 3. The molecule has 0 N–H and O–H groups in total. The van der Waals surface area contributed by atoms with Crippen LogP contribution in [-0.4, -0.2) is 70.3 Å². The van der Waals surface area contributed by atoms with Crippen molar-refractivity contribution in [2.75, 3.05) is 26.7 Å². The molecule has 8 heteroatoms. The van der Waals surface area contributed by atoms with Crippen molar-refractivity contribution >= 4 is 17.8 Å². The fourth-order valence-electron chi connectivity index (χ4n) is 4.77. The van der Waals surface area contributed by atoms with E-state index in [0.29, 0.717) is 44.0 Å². The number of amides is 2. The zero-order valence-corrected chi connectivity index (χ0v) is 22.4. The number of methoxy groups -OCH3 is 1. The summed E-state index contributed by atoms with van der Waals surface area (Å²) in [6.07, 6.45) is 1.09. The number of piperazine rings is 1. The summed E-state index contributed by atoms with van der Waals surface area (Å²) in [5.74, 6) is -0.694. The second-order valence-corrected chi connectivity index (χ2v) is 9.84. The van der Waals surface area contributed by atoms with Crippen molar-refractivity contribution in [3.05, 3.63) is 83.2 Å². The molecule has 0 spiro atoms. The lowest BCUT2D eigenvalue weighted by Crippen LogP contribution is -2.55. The molecule has 1 aliphatic rings. The fraction of sp³-hybridized carbons (Fsp3) is 0.367. The van der Waals surface area contributed by atoms with Gasteiger partial charge < -0.3 is 14.5 Å². The van der Waals surface area contributed by atoms with Crippen molar-refractivity contribution in [3.8, 4) is 11.4 Å². The van der Waals surface area contributed by atoms with Crippen LogP contribution in [0.3, 0.4) is 0 Å².